The molecule has 0 fully saturated rings. The summed E-state index contributed by atoms with van der Waals surface area (Å²) in [5.74, 6) is -0.285. The first-order valence-corrected chi connectivity index (χ1v) is 6.71. The van der Waals surface area contributed by atoms with E-state index < -0.39 is 5.97 Å². The predicted octanol–water partition coefficient (Wildman–Crippen LogP) is 3.02. The molecule has 6 nitrogen and oxygen atoms in total. The third-order valence-corrected chi connectivity index (χ3v) is 3.16. The Hall–Kier alpha value is -3.15. The van der Waals surface area contributed by atoms with Crippen LogP contribution in [-0.2, 0) is 0 Å². The molecule has 0 aliphatic heterocycles. The van der Waals surface area contributed by atoms with Gasteiger partial charge in [-0.3, -0.25) is 4.98 Å². The molecule has 2 heterocycles. The number of anilines is 2. The van der Waals surface area contributed by atoms with Gasteiger partial charge in [-0.05, 0) is 31.2 Å². The zero-order chi connectivity index (χ0) is 15.5. The third kappa shape index (κ3) is 2.67. The quantitative estimate of drug-likeness (QED) is 0.773. The number of carboxylic acid groups (broad SMARTS) is 1. The van der Waals surface area contributed by atoms with Crippen LogP contribution in [0.15, 0.2) is 54.9 Å². The second-order valence-corrected chi connectivity index (χ2v) is 4.76. The summed E-state index contributed by atoms with van der Waals surface area (Å²) in [6, 6.07) is 12.3. The number of hydrogen-bond acceptors (Lipinski definition) is 4. The lowest BCUT2D eigenvalue weighted by atomic mass is 10.2. The number of carbonyl (C=O) groups is 1. The van der Waals surface area contributed by atoms with E-state index in [1.54, 1.807) is 41.3 Å². The summed E-state index contributed by atoms with van der Waals surface area (Å²) in [6.07, 6.45) is 3.36. The summed E-state index contributed by atoms with van der Waals surface area (Å²) >= 11 is 0. The molecule has 1 aromatic carbocycles. The van der Waals surface area contributed by atoms with Gasteiger partial charge in [0.05, 0.1) is 22.6 Å². The van der Waals surface area contributed by atoms with Crippen LogP contribution in [-0.4, -0.2) is 25.8 Å². The molecular formula is C16H14N4O2. The van der Waals surface area contributed by atoms with Crippen LogP contribution in [0.3, 0.4) is 0 Å². The predicted molar refractivity (Wildman–Crippen MR) is 82.8 cm³/mol. The monoisotopic (exact) mass is 294 g/mol. The Morgan fingerprint density at radius 1 is 1.18 bits per heavy atom. The molecule has 2 N–H and O–H groups in total. The van der Waals surface area contributed by atoms with Gasteiger partial charge >= 0.3 is 5.97 Å². The zero-order valence-electron chi connectivity index (χ0n) is 11.9. The number of pyridine rings is 1. The van der Waals surface area contributed by atoms with Gasteiger partial charge in [-0.2, -0.15) is 5.10 Å². The molecule has 6 heteroatoms. The van der Waals surface area contributed by atoms with E-state index in [1.165, 1.54) is 0 Å². The molecule has 0 radical (unpaired) electrons. The topological polar surface area (TPSA) is 80.0 Å². The molecule has 110 valence electrons. The van der Waals surface area contributed by atoms with Gasteiger partial charge < -0.3 is 10.4 Å². The van der Waals surface area contributed by atoms with Crippen molar-refractivity contribution in [1.82, 2.24) is 14.8 Å². The lowest BCUT2D eigenvalue weighted by Crippen LogP contribution is -2.06. The number of aromatic nitrogens is 3. The Morgan fingerprint density at radius 3 is 2.64 bits per heavy atom. The van der Waals surface area contributed by atoms with Gasteiger partial charge in [-0.25, -0.2) is 9.48 Å². The number of aromatic carboxylic acids is 1. The van der Waals surface area contributed by atoms with Crippen molar-refractivity contribution in [3.05, 3.63) is 66.1 Å². The van der Waals surface area contributed by atoms with Crippen molar-refractivity contribution in [3.63, 3.8) is 0 Å². The fourth-order valence-corrected chi connectivity index (χ4v) is 2.19. The molecular weight excluding hydrogens is 280 g/mol. The summed E-state index contributed by atoms with van der Waals surface area (Å²) in [6.45, 7) is 1.88. The van der Waals surface area contributed by atoms with Crippen molar-refractivity contribution in [3.8, 4) is 5.69 Å². The lowest BCUT2D eigenvalue weighted by Gasteiger charge is -2.11. The smallest absolute Gasteiger partial charge is 0.337 e. The summed E-state index contributed by atoms with van der Waals surface area (Å²) in [5.41, 5.74) is 2.40. The van der Waals surface area contributed by atoms with Gasteiger partial charge in [0.1, 0.15) is 5.82 Å². The molecule has 0 unspecified atom stereocenters. The van der Waals surface area contributed by atoms with Gasteiger partial charge in [0.25, 0.3) is 0 Å². The first-order valence-electron chi connectivity index (χ1n) is 6.71. The van der Waals surface area contributed by atoms with Gasteiger partial charge in [0, 0.05) is 18.5 Å². The first kappa shape index (κ1) is 13.8. The molecule has 0 atom stereocenters. The number of nitrogens with zero attached hydrogens (tertiary/aromatic N) is 3. The molecule has 0 aliphatic carbocycles. The fraction of sp³-hybridized carbons (Fsp3) is 0.0625. The van der Waals surface area contributed by atoms with E-state index in [2.05, 4.69) is 15.4 Å². The number of aryl methyl sites for hydroxylation is 1. The Bertz CT molecular complexity index is 812. The number of hydrogen-bond donors (Lipinski definition) is 2. The maximum Gasteiger partial charge on any atom is 0.337 e. The van der Waals surface area contributed by atoms with Crippen molar-refractivity contribution in [2.24, 2.45) is 0 Å². The summed E-state index contributed by atoms with van der Waals surface area (Å²) in [4.78, 5) is 15.3. The van der Waals surface area contributed by atoms with Crippen LogP contribution in [0.4, 0.5) is 11.5 Å². The second kappa shape index (κ2) is 5.69. The average Bonchev–Trinajstić information content (AvgIpc) is 2.89. The van der Waals surface area contributed by atoms with Gasteiger partial charge in [-0.15, -0.1) is 0 Å². The van der Waals surface area contributed by atoms with Crippen LogP contribution in [0, 0.1) is 6.92 Å². The molecule has 3 rings (SSSR count). The largest absolute Gasteiger partial charge is 0.478 e. The molecule has 22 heavy (non-hydrogen) atoms. The van der Waals surface area contributed by atoms with E-state index in [0.29, 0.717) is 11.5 Å². The van der Waals surface area contributed by atoms with Crippen molar-refractivity contribution in [1.29, 1.82) is 0 Å². The first-order chi connectivity index (χ1) is 10.6. The number of carboxylic acids is 1. The summed E-state index contributed by atoms with van der Waals surface area (Å²) in [5, 5.41) is 16.8. The van der Waals surface area contributed by atoms with Crippen molar-refractivity contribution < 1.29 is 9.90 Å². The second-order valence-electron chi connectivity index (χ2n) is 4.76. The van der Waals surface area contributed by atoms with Crippen LogP contribution in [0.1, 0.15) is 16.1 Å². The van der Waals surface area contributed by atoms with E-state index >= 15 is 0 Å². The van der Waals surface area contributed by atoms with Crippen LogP contribution < -0.4 is 5.32 Å². The number of para-hydroxylation sites is 1. The molecule has 0 spiro atoms. The van der Waals surface area contributed by atoms with Crippen molar-refractivity contribution >= 4 is 17.5 Å². The highest BCUT2D eigenvalue weighted by Crippen LogP contribution is 2.23. The molecule has 0 saturated heterocycles. The Kier molecular flexibility index (Phi) is 3.57. The highest BCUT2D eigenvalue weighted by molar-refractivity contribution is 5.95. The normalized spacial score (nSPS) is 10.4. The lowest BCUT2D eigenvalue weighted by molar-refractivity contribution is 0.0698. The number of benzene rings is 1. The number of rotatable bonds is 4. The van der Waals surface area contributed by atoms with Crippen LogP contribution in [0.25, 0.3) is 5.69 Å². The van der Waals surface area contributed by atoms with E-state index in [1.807, 2.05) is 25.1 Å². The zero-order valence-corrected chi connectivity index (χ0v) is 11.9. The standard InChI is InChI=1S/C16H14N4O2/c1-11-10-15(20(19-11)12-6-8-17-9-7-12)18-14-5-3-2-4-13(14)16(21)22/h2-10,18H,1H3,(H,21,22). The number of nitrogens with one attached hydrogen (secondary N) is 1. The summed E-state index contributed by atoms with van der Waals surface area (Å²) in [7, 11) is 0. The van der Waals surface area contributed by atoms with E-state index in [0.717, 1.165) is 11.4 Å². The molecule has 2 aromatic heterocycles. The minimum absolute atomic E-state index is 0.211. The van der Waals surface area contributed by atoms with Crippen LogP contribution >= 0.6 is 0 Å². The van der Waals surface area contributed by atoms with Crippen molar-refractivity contribution in [2.75, 3.05) is 5.32 Å². The fourth-order valence-electron chi connectivity index (χ4n) is 2.19. The summed E-state index contributed by atoms with van der Waals surface area (Å²) < 4.78 is 1.72. The molecule has 0 bridgehead atoms. The Balaban J connectivity index is 2.03. The molecule has 3 aromatic rings. The maximum absolute atomic E-state index is 11.3. The minimum Gasteiger partial charge on any atom is -0.478 e. The molecule has 0 amide bonds. The van der Waals surface area contributed by atoms with Gasteiger partial charge in [-0.1, -0.05) is 12.1 Å². The third-order valence-electron chi connectivity index (χ3n) is 3.16. The van der Waals surface area contributed by atoms with Crippen LogP contribution in [0.5, 0.6) is 0 Å². The van der Waals surface area contributed by atoms with E-state index in [4.69, 9.17) is 0 Å². The van der Waals surface area contributed by atoms with Crippen LogP contribution in [0.2, 0.25) is 0 Å². The Morgan fingerprint density at radius 2 is 1.91 bits per heavy atom. The van der Waals surface area contributed by atoms with E-state index in [-0.39, 0.29) is 5.56 Å². The molecule has 0 aliphatic rings. The van der Waals surface area contributed by atoms with E-state index in [9.17, 15) is 9.90 Å². The van der Waals surface area contributed by atoms with Gasteiger partial charge in [0.15, 0.2) is 0 Å². The van der Waals surface area contributed by atoms with Gasteiger partial charge in [0.2, 0.25) is 0 Å². The SMILES string of the molecule is Cc1cc(Nc2ccccc2C(=O)O)n(-c2ccncc2)n1. The minimum atomic E-state index is -0.977. The van der Waals surface area contributed by atoms with Crippen molar-refractivity contribution in [2.45, 2.75) is 6.92 Å². The maximum atomic E-state index is 11.3. The highest BCUT2D eigenvalue weighted by atomic mass is 16.4. The highest BCUT2D eigenvalue weighted by Gasteiger charge is 2.12. The molecule has 0 saturated carbocycles. The Labute approximate surface area is 127 Å². The average molecular weight is 294 g/mol.